The number of carbonyl (C=O) groups excluding carboxylic acids is 1. The summed E-state index contributed by atoms with van der Waals surface area (Å²) in [7, 11) is 0. The minimum atomic E-state index is -4.51. The molecule has 226 valence electrons. The number of nitrogen functional groups attached to an aromatic ring is 1. The summed E-state index contributed by atoms with van der Waals surface area (Å²) in [6.07, 6.45) is -2.68. The van der Waals surface area contributed by atoms with Gasteiger partial charge in [-0.3, -0.25) is 9.30 Å². The summed E-state index contributed by atoms with van der Waals surface area (Å²) in [6, 6.07) is 15.0. The van der Waals surface area contributed by atoms with E-state index in [0.29, 0.717) is 29.0 Å². The van der Waals surface area contributed by atoms with Crippen LogP contribution in [0.1, 0.15) is 17.1 Å². The maximum atomic E-state index is 13.1. The second-order valence-electron chi connectivity index (χ2n) is 11.6. The Morgan fingerprint density at radius 1 is 1.02 bits per heavy atom. The van der Waals surface area contributed by atoms with Crippen LogP contribution in [0.4, 0.5) is 35.2 Å². The number of amides is 2. The van der Waals surface area contributed by atoms with Gasteiger partial charge in [-0.2, -0.15) is 13.2 Å². The van der Waals surface area contributed by atoms with Crippen LogP contribution >= 0.6 is 0 Å². The van der Waals surface area contributed by atoms with E-state index in [1.807, 2.05) is 43.5 Å². The first-order chi connectivity index (χ1) is 21.2. The predicted octanol–water partition coefficient (Wildman–Crippen LogP) is 5.75. The Morgan fingerprint density at radius 2 is 1.77 bits per heavy atom. The highest BCUT2D eigenvalue weighted by Crippen LogP contribution is 2.37. The molecule has 2 fully saturated rings. The molecule has 2 aromatic heterocycles. The fraction of sp³-hybridized carbons (Fsp3) is 0.281. The Kier molecular flexibility index (Phi) is 6.90. The summed E-state index contributed by atoms with van der Waals surface area (Å²) in [5.74, 6) is 2.53. The van der Waals surface area contributed by atoms with Gasteiger partial charge in [-0.25, -0.2) is 14.8 Å². The molecule has 7 rings (SSSR count). The summed E-state index contributed by atoms with van der Waals surface area (Å²) >= 11 is 0. The molecule has 2 aliphatic heterocycles. The van der Waals surface area contributed by atoms with Crippen molar-refractivity contribution in [1.82, 2.24) is 24.6 Å². The number of fused-ring (bicyclic) bond motifs is 3. The zero-order valence-corrected chi connectivity index (χ0v) is 23.9. The molecule has 3 aromatic carbocycles. The number of benzene rings is 3. The van der Waals surface area contributed by atoms with Crippen molar-refractivity contribution in [2.45, 2.75) is 19.6 Å². The monoisotopic (exact) mass is 600 g/mol. The predicted molar refractivity (Wildman–Crippen MR) is 164 cm³/mol. The molecule has 2 atom stereocenters. The molecular weight excluding hydrogens is 569 g/mol. The smallest absolute Gasteiger partial charge is 0.382 e. The average molecular weight is 601 g/mol. The summed E-state index contributed by atoms with van der Waals surface area (Å²) < 4.78 is 41.5. The molecular formula is C32H31F3N8O. The van der Waals surface area contributed by atoms with Crippen molar-refractivity contribution >= 4 is 39.5 Å². The number of rotatable bonds is 5. The van der Waals surface area contributed by atoms with Gasteiger partial charge in [0.2, 0.25) is 0 Å². The first-order valence-electron chi connectivity index (χ1n) is 14.5. The van der Waals surface area contributed by atoms with Gasteiger partial charge >= 0.3 is 12.2 Å². The number of halogens is 3. The maximum Gasteiger partial charge on any atom is 0.416 e. The molecule has 0 saturated carbocycles. The van der Waals surface area contributed by atoms with Crippen molar-refractivity contribution in [1.29, 1.82) is 0 Å². The van der Waals surface area contributed by atoms with E-state index in [2.05, 4.69) is 30.2 Å². The molecule has 44 heavy (non-hydrogen) atoms. The third-order valence-electron chi connectivity index (χ3n) is 8.65. The molecule has 5 aromatic rings. The molecule has 0 radical (unpaired) electrons. The average Bonchev–Trinajstić information content (AvgIpc) is 3.68. The Hall–Kier alpha value is -4.68. The van der Waals surface area contributed by atoms with Gasteiger partial charge in [-0.15, -0.1) is 0 Å². The number of alkyl halides is 3. The molecule has 0 bridgehead atoms. The number of nitrogens with two attached hydrogens (primary N) is 1. The van der Waals surface area contributed by atoms with Crippen molar-refractivity contribution in [3.63, 3.8) is 0 Å². The Morgan fingerprint density at radius 3 is 2.52 bits per heavy atom. The van der Waals surface area contributed by atoms with Gasteiger partial charge in [-0.1, -0.05) is 36.4 Å². The van der Waals surface area contributed by atoms with Crippen LogP contribution in [0.15, 0.2) is 66.9 Å². The summed E-state index contributed by atoms with van der Waals surface area (Å²) in [6.45, 7) is 6.93. The maximum absolute atomic E-state index is 13.1. The highest BCUT2D eigenvalue weighted by atomic mass is 19.4. The number of hydrogen-bond donors (Lipinski definition) is 4. The lowest BCUT2D eigenvalue weighted by Gasteiger charge is -2.18. The molecule has 2 amide bonds. The topological polar surface area (TPSA) is 113 Å². The number of nitrogens with one attached hydrogen (secondary N) is 3. The van der Waals surface area contributed by atoms with Crippen LogP contribution in [-0.4, -0.2) is 51.5 Å². The highest BCUT2D eigenvalue weighted by Gasteiger charge is 2.36. The van der Waals surface area contributed by atoms with Crippen molar-refractivity contribution in [2.24, 2.45) is 11.8 Å². The lowest BCUT2D eigenvalue weighted by Crippen LogP contribution is -2.26. The number of carbonyl (C=O) groups is 1. The van der Waals surface area contributed by atoms with E-state index in [9.17, 15) is 18.0 Å². The largest absolute Gasteiger partial charge is 0.416 e. The van der Waals surface area contributed by atoms with Crippen LogP contribution < -0.4 is 21.7 Å². The number of urea groups is 1. The Labute approximate surface area is 251 Å². The van der Waals surface area contributed by atoms with Crippen LogP contribution in [0.2, 0.25) is 0 Å². The molecule has 0 spiro atoms. The van der Waals surface area contributed by atoms with E-state index >= 15 is 0 Å². The van der Waals surface area contributed by atoms with Crippen LogP contribution in [-0.2, 0) is 12.7 Å². The molecule has 2 aliphatic rings. The lowest BCUT2D eigenvalue weighted by atomic mass is 10.00. The normalized spacial score (nSPS) is 18.6. The highest BCUT2D eigenvalue weighted by molar-refractivity contribution is 6.10. The number of likely N-dealkylation sites (tertiary alicyclic amines) is 1. The second kappa shape index (κ2) is 10.8. The zero-order chi connectivity index (χ0) is 30.6. The molecule has 4 heterocycles. The Balaban J connectivity index is 1.21. The van der Waals surface area contributed by atoms with E-state index in [1.54, 1.807) is 6.07 Å². The van der Waals surface area contributed by atoms with Gasteiger partial charge in [0.1, 0.15) is 22.9 Å². The van der Waals surface area contributed by atoms with Crippen LogP contribution in [0.5, 0.6) is 0 Å². The standard InChI is InChI=1S/C32H31F3N8O/c1-18-39-28(29-30(36)38-14-23(43(18)29)17-42-15-19-12-37-13-20(19)16-42)26-9-10-27(25-8-3-2-7-24(25)26)41-31(44)40-22-6-4-5-21(11-22)32(33,34)35/h2-11,14,19-20,37H,12-13,15-17H2,1H3,(H2,36,38)(H2,40,41,44). The number of nitrogens with zero attached hydrogens (tertiary/aromatic N) is 4. The molecule has 12 heteroatoms. The van der Waals surface area contributed by atoms with Crippen LogP contribution in [0, 0.1) is 18.8 Å². The van der Waals surface area contributed by atoms with Gasteiger partial charge in [0.05, 0.1) is 23.1 Å². The van der Waals surface area contributed by atoms with Gasteiger partial charge in [-0.05, 0) is 61.5 Å². The quantitative estimate of drug-likeness (QED) is 0.204. The molecule has 2 saturated heterocycles. The van der Waals surface area contributed by atoms with Crippen molar-refractivity contribution in [3.8, 4) is 11.3 Å². The van der Waals surface area contributed by atoms with Gasteiger partial charge < -0.3 is 21.7 Å². The fourth-order valence-corrected chi connectivity index (χ4v) is 6.67. The third-order valence-corrected chi connectivity index (χ3v) is 8.65. The first kappa shape index (κ1) is 28.1. The zero-order valence-electron chi connectivity index (χ0n) is 23.9. The minimum Gasteiger partial charge on any atom is -0.382 e. The van der Waals surface area contributed by atoms with E-state index in [1.165, 1.54) is 12.1 Å². The van der Waals surface area contributed by atoms with Gasteiger partial charge in [0, 0.05) is 36.3 Å². The number of hydrogen-bond acceptors (Lipinski definition) is 6. The summed E-state index contributed by atoms with van der Waals surface area (Å²) in [4.78, 5) is 24.9. The Bertz CT molecular complexity index is 1890. The molecule has 2 unspecified atom stereocenters. The number of aromatic nitrogens is 3. The minimum absolute atomic E-state index is 0.0331. The number of aryl methyl sites for hydroxylation is 1. The van der Waals surface area contributed by atoms with E-state index in [4.69, 9.17) is 10.7 Å². The van der Waals surface area contributed by atoms with E-state index < -0.39 is 17.8 Å². The summed E-state index contributed by atoms with van der Waals surface area (Å²) in [5, 5.41) is 10.3. The van der Waals surface area contributed by atoms with Crippen LogP contribution in [0.25, 0.3) is 27.5 Å². The van der Waals surface area contributed by atoms with Crippen LogP contribution in [0.3, 0.4) is 0 Å². The molecule has 9 nitrogen and oxygen atoms in total. The van der Waals surface area contributed by atoms with Gasteiger partial charge in [0.25, 0.3) is 0 Å². The number of imidazole rings is 1. The van der Waals surface area contributed by atoms with E-state index in [0.717, 1.165) is 78.2 Å². The first-order valence-corrected chi connectivity index (χ1v) is 14.5. The van der Waals surface area contributed by atoms with Gasteiger partial charge in [0.15, 0.2) is 0 Å². The fourth-order valence-electron chi connectivity index (χ4n) is 6.67. The van der Waals surface area contributed by atoms with E-state index in [-0.39, 0.29) is 5.69 Å². The summed E-state index contributed by atoms with van der Waals surface area (Å²) in [5.41, 5.74) is 9.43. The number of anilines is 3. The molecule has 5 N–H and O–H groups in total. The SMILES string of the molecule is Cc1nc(-c2ccc(NC(=O)Nc3cccc(C(F)(F)F)c3)c3ccccc23)c2c(N)ncc(CN3CC4CNCC4C3)n12. The third kappa shape index (κ3) is 5.09. The lowest BCUT2D eigenvalue weighted by molar-refractivity contribution is -0.137. The molecule has 0 aliphatic carbocycles. The second-order valence-corrected chi connectivity index (χ2v) is 11.6. The van der Waals surface area contributed by atoms with Crippen molar-refractivity contribution in [2.75, 3.05) is 42.5 Å². The van der Waals surface area contributed by atoms with Crippen molar-refractivity contribution in [3.05, 3.63) is 83.9 Å². The van der Waals surface area contributed by atoms with Crippen molar-refractivity contribution < 1.29 is 18.0 Å².